The van der Waals surface area contributed by atoms with Crippen molar-refractivity contribution in [1.82, 2.24) is 4.72 Å². The molecule has 0 aliphatic heterocycles. The minimum atomic E-state index is -3.50. The lowest BCUT2D eigenvalue weighted by Gasteiger charge is -2.24. The van der Waals surface area contributed by atoms with Gasteiger partial charge < -0.3 is 10.2 Å². The topological polar surface area (TPSA) is 86.6 Å². The van der Waals surface area contributed by atoms with Gasteiger partial charge in [0.15, 0.2) is 0 Å². The van der Waals surface area contributed by atoms with E-state index in [4.69, 9.17) is 0 Å². The minimum Gasteiger partial charge on any atom is -0.390 e. The van der Waals surface area contributed by atoms with Crippen LogP contribution in [0.2, 0.25) is 0 Å². The zero-order valence-corrected chi connectivity index (χ0v) is 13.9. The van der Waals surface area contributed by atoms with Gasteiger partial charge in [-0.2, -0.15) is 0 Å². The second-order valence-electron chi connectivity index (χ2n) is 6.25. The van der Waals surface area contributed by atoms with E-state index in [2.05, 4.69) is 4.72 Å². The fourth-order valence-electron chi connectivity index (χ4n) is 2.87. The van der Waals surface area contributed by atoms with Crippen molar-refractivity contribution in [3.63, 3.8) is 0 Å². The molecule has 0 aromatic heterocycles. The Labute approximate surface area is 129 Å². The van der Waals surface area contributed by atoms with E-state index in [1.54, 1.807) is 0 Å². The van der Waals surface area contributed by atoms with Gasteiger partial charge in [-0.25, -0.2) is 13.1 Å². The molecule has 0 heterocycles. The highest BCUT2D eigenvalue weighted by Crippen LogP contribution is 2.28. The van der Waals surface area contributed by atoms with E-state index in [1.165, 1.54) is 32.1 Å². The molecule has 2 atom stereocenters. The summed E-state index contributed by atoms with van der Waals surface area (Å²) in [5.74, 6) is 0.211. The van der Waals surface area contributed by atoms with Crippen molar-refractivity contribution in [3.05, 3.63) is 0 Å². The molecule has 0 spiro atoms. The highest BCUT2D eigenvalue weighted by molar-refractivity contribution is 7.89. The fraction of sp³-hybridized carbons (Fsp3) is 1.00. The van der Waals surface area contributed by atoms with Gasteiger partial charge in [0.25, 0.3) is 0 Å². The van der Waals surface area contributed by atoms with Crippen LogP contribution in [0.4, 0.5) is 0 Å². The fourth-order valence-corrected chi connectivity index (χ4v) is 4.12. The summed E-state index contributed by atoms with van der Waals surface area (Å²) in [6.07, 6.45) is 7.08. The molecule has 2 unspecified atom stereocenters. The molecule has 1 fully saturated rings. The van der Waals surface area contributed by atoms with Crippen molar-refractivity contribution in [2.45, 2.75) is 76.9 Å². The summed E-state index contributed by atoms with van der Waals surface area (Å²) in [6.45, 7) is 2.38. The number of sulfonamides is 1. The molecular formula is C15H31NO4S. The molecule has 0 aromatic rings. The Morgan fingerprint density at radius 3 is 2.43 bits per heavy atom. The first-order valence-electron chi connectivity index (χ1n) is 8.28. The van der Waals surface area contributed by atoms with E-state index in [0.29, 0.717) is 18.9 Å². The van der Waals surface area contributed by atoms with E-state index in [9.17, 15) is 18.6 Å². The normalized spacial score (nSPS) is 20.3. The number of rotatable bonds is 10. The molecule has 6 heteroatoms. The molecule has 0 aromatic carbocycles. The summed E-state index contributed by atoms with van der Waals surface area (Å²) in [5, 5.41) is 19.8. The van der Waals surface area contributed by atoms with Gasteiger partial charge in [-0.3, -0.25) is 0 Å². The van der Waals surface area contributed by atoms with Gasteiger partial charge >= 0.3 is 0 Å². The first-order valence-corrected chi connectivity index (χ1v) is 9.93. The summed E-state index contributed by atoms with van der Waals surface area (Å²) in [7, 11) is -3.50. The van der Waals surface area contributed by atoms with E-state index >= 15 is 0 Å². The predicted molar refractivity (Wildman–Crippen MR) is 84.5 cm³/mol. The second-order valence-corrected chi connectivity index (χ2v) is 8.10. The van der Waals surface area contributed by atoms with Crippen LogP contribution < -0.4 is 4.72 Å². The van der Waals surface area contributed by atoms with Gasteiger partial charge in [0.2, 0.25) is 10.0 Å². The monoisotopic (exact) mass is 321 g/mol. The molecule has 1 rings (SSSR count). The van der Waals surface area contributed by atoms with Crippen LogP contribution in [0.1, 0.15) is 64.7 Å². The summed E-state index contributed by atoms with van der Waals surface area (Å²) < 4.78 is 25.9. The third-order valence-corrected chi connectivity index (χ3v) is 5.71. The molecule has 1 aliphatic carbocycles. The van der Waals surface area contributed by atoms with Gasteiger partial charge in [-0.1, -0.05) is 45.4 Å². The molecule has 0 saturated heterocycles. The number of hydrogen-bond acceptors (Lipinski definition) is 4. The molecule has 0 radical (unpaired) electrons. The first kappa shape index (κ1) is 18.9. The Kier molecular flexibility index (Phi) is 8.78. The Morgan fingerprint density at radius 1 is 1.14 bits per heavy atom. The summed E-state index contributed by atoms with van der Waals surface area (Å²) in [6, 6.07) is 0. The Morgan fingerprint density at radius 2 is 1.81 bits per heavy atom. The Hall–Kier alpha value is -0.170. The standard InChI is InChI=1S/C15H31NO4S/c1-2-3-11-16-21(19,20)12-15(18)14(17)10-9-13-7-5-4-6-8-13/h13-18H,2-12H2,1H3. The van der Waals surface area contributed by atoms with Gasteiger partial charge in [-0.05, 0) is 25.2 Å². The Bertz CT molecular complexity index is 366. The smallest absolute Gasteiger partial charge is 0.214 e. The van der Waals surface area contributed by atoms with Gasteiger partial charge in [0.05, 0.1) is 18.0 Å². The summed E-state index contributed by atoms with van der Waals surface area (Å²) in [5.41, 5.74) is 0. The minimum absolute atomic E-state index is 0.393. The second kappa shape index (κ2) is 9.77. The lowest BCUT2D eigenvalue weighted by Crippen LogP contribution is -2.38. The molecule has 0 bridgehead atoms. The van der Waals surface area contributed by atoms with E-state index in [1.807, 2.05) is 6.92 Å². The Balaban J connectivity index is 2.27. The number of unbranched alkanes of at least 4 members (excludes halogenated alkanes) is 1. The molecule has 3 N–H and O–H groups in total. The third kappa shape index (κ3) is 8.14. The maximum absolute atomic E-state index is 11.7. The van der Waals surface area contributed by atoms with Crippen LogP contribution in [0.25, 0.3) is 0 Å². The van der Waals surface area contributed by atoms with Crippen LogP contribution in [-0.4, -0.2) is 43.1 Å². The van der Waals surface area contributed by atoms with Crippen LogP contribution >= 0.6 is 0 Å². The zero-order valence-electron chi connectivity index (χ0n) is 13.1. The molecule has 5 nitrogen and oxygen atoms in total. The maximum atomic E-state index is 11.7. The van der Waals surface area contributed by atoms with Gasteiger partial charge in [0.1, 0.15) is 0 Å². The molecular weight excluding hydrogens is 290 g/mol. The quantitative estimate of drug-likeness (QED) is 0.535. The SMILES string of the molecule is CCCCNS(=O)(=O)CC(O)C(O)CCC1CCCCC1. The van der Waals surface area contributed by atoms with Crippen LogP contribution in [0, 0.1) is 5.92 Å². The molecule has 0 amide bonds. The van der Waals surface area contributed by atoms with Crippen LogP contribution in [0.15, 0.2) is 0 Å². The molecule has 21 heavy (non-hydrogen) atoms. The number of aliphatic hydroxyl groups excluding tert-OH is 2. The molecule has 126 valence electrons. The van der Waals surface area contributed by atoms with E-state index in [-0.39, 0.29) is 0 Å². The van der Waals surface area contributed by atoms with Crippen molar-refractivity contribution in [1.29, 1.82) is 0 Å². The molecule has 1 aliphatic rings. The molecule has 1 saturated carbocycles. The van der Waals surface area contributed by atoms with E-state index < -0.39 is 28.0 Å². The van der Waals surface area contributed by atoms with Crippen molar-refractivity contribution in [2.24, 2.45) is 5.92 Å². The largest absolute Gasteiger partial charge is 0.390 e. The van der Waals surface area contributed by atoms with Crippen LogP contribution in [-0.2, 0) is 10.0 Å². The van der Waals surface area contributed by atoms with Crippen LogP contribution in [0.5, 0.6) is 0 Å². The maximum Gasteiger partial charge on any atom is 0.214 e. The van der Waals surface area contributed by atoms with Crippen molar-refractivity contribution in [3.8, 4) is 0 Å². The third-order valence-electron chi connectivity index (χ3n) is 4.28. The lowest BCUT2D eigenvalue weighted by molar-refractivity contribution is 0.0230. The van der Waals surface area contributed by atoms with E-state index in [0.717, 1.165) is 19.3 Å². The number of nitrogens with one attached hydrogen (secondary N) is 1. The summed E-state index contributed by atoms with van der Waals surface area (Å²) in [4.78, 5) is 0. The van der Waals surface area contributed by atoms with Crippen molar-refractivity contribution >= 4 is 10.0 Å². The average Bonchev–Trinajstić information content (AvgIpc) is 2.45. The average molecular weight is 321 g/mol. The highest BCUT2D eigenvalue weighted by Gasteiger charge is 2.24. The number of hydrogen-bond donors (Lipinski definition) is 3. The van der Waals surface area contributed by atoms with Gasteiger partial charge in [0, 0.05) is 6.54 Å². The zero-order chi connectivity index (χ0) is 15.7. The lowest BCUT2D eigenvalue weighted by atomic mass is 9.85. The summed E-state index contributed by atoms with van der Waals surface area (Å²) >= 11 is 0. The number of aliphatic hydroxyl groups is 2. The first-order chi connectivity index (χ1) is 9.94. The van der Waals surface area contributed by atoms with Crippen molar-refractivity contribution < 1.29 is 18.6 Å². The predicted octanol–water partition coefficient (Wildman–Crippen LogP) is 1.79. The van der Waals surface area contributed by atoms with Gasteiger partial charge in [-0.15, -0.1) is 0 Å². The van der Waals surface area contributed by atoms with Crippen LogP contribution in [0.3, 0.4) is 0 Å². The van der Waals surface area contributed by atoms with Crippen molar-refractivity contribution in [2.75, 3.05) is 12.3 Å². The highest BCUT2D eigenvalue weighted by atomic mass is 32.2.